The second-order valence-electron chi connectivity index (χ2n) is 5.37. The van der Waals surface area contributed by atoms with E-state index in [0.29, 0.717) is 18.2 Å². The van der Waals surface area contributed by atoms with Gasteiger partial charge in [-0.25, -0.2) is 0 Å². The molecule has 0 spiro atoms. The summed E-state index contributed by atoms with van der Waals surface area (Å²) in [5.41, 5.74) is 0.324. The van der Waals surface area contributed by atoms with Crippen LogP contribution in [0.3, 0.4) is 0 Å². The summed E-state index contributed by atoms with van der Waals surface area (Å²) in [6.45, 7) is 4.72. The highest BCUT2D eigenvalue weighted by atomic mass is 32.2. The Bertz CT molecular complexity index is 613. The van der Waals surface area contributed by atoms with E-state index in [2.05, 4.69) is 17.1 Å². The normalized spacial score (nSPS) is 25.2. The maximum absolute atomic E-state index is 12.4. The Morgan fingerprint density at radius 3 is 2.91 bits per heavy atom. The lowest BCUT2D eigenvalue weighted by molar-refractivity contribution is -0.118. The van der Waals surface area contributed by atoms with Crippen LogP contribution in [0.1, 0.15) is 19.8 Å². The molecule has 1 heterocycles. The molecule has 1 aliphatic heterocycles. The van der Waals surface area contributed by atoms with Crippen LogP contribution in [0.4, 0.5) is 0 Å². The van der Waals surface area contributed by atoms with Crippen LogP contribution in [-0.4, -0.2) is 63.0 Å². The first kappa shape index (κ1) is 16.9. The van der Waals surface area contributed by atoms with Crippen molar-refractivity contribution in [3.05, 3.63) is 23.8 Å². The van der Waals surface area contributed by atoms with Gasteiger partial charge in [0.15, 0.2) is 0 Å². The third-order valence-corrected chi connectivity index (χ3v) is 4.91. The van der Waals surface area contributed by atoms with Crippen LogP contribution in [-0.2, 0) is 19.8 Å². The quantitative estimate of drug-likeness (QED) is 0.728. The maximum atomic E-state index is 12.4. The van der Waals surface area contributed by atoms with Crippen LogP contribution in [0.5, 0.6) is 0 Å². The smallest absolute Gasteiger partial charge is 0.250 e. The molecule has 0 aromatic carbocycles. The largest absolute Gasteiger partial charge is 0.371 e. The van der Waals surface area contributed by atoms with E-state index in [-0.39, 0.29) is 10.8 Å². The molecule has 7 heteroatoms. The molecule has 1 aliphatic carbocycles. The number of nitrogens with zero attached hydrogens (tertiary/aromatic N) is 1. The summed E-state index contributed by atoms with van der Waals surface area (Å²) in [6, 6.07) is 0.353. The van der Waals surface area contributed by atoms with Gasteiger partial charge >= 0.3 is 0 Å². The van der Waals surface area contributed by atoms with Gasteiger partial charge in [0.05, 0.1) is 5.57 Å². The van der Waals surface area contributed by atoms with Crippen LogP contribution in [0.15, 0.2) is 23.8 Å². The summed E-state index contributed by atoms with van der Waals surface area (Å²) >= 11 is 0. The van der Waals surface area contributed by atoms with Gasteiger partial charge in [-0.3, -0.25) is 9.69 Å². The fraction of sp³-hybridized carbons (Fsp3) is 0.600. The molecule has 1 fully saturated rings. The molecule has 0 bridgehead atoms. The van der Waals surface area contributed by atoms with Gasteiger partial charge in [-0.1, -0.05) is 19.1 Å². The monoisotopic (exact) mass is 326 g/mol. The van der Waals surface area contributed by atoms with Crippen LogP contribution in [0.25, 0.3) is 0 Å². The van der Waals surface area contributed by atoms with E-state index in [1.807, 2.05) is 0 Å². The SMILES string of the molecule is CCN1CCCC1CNC(=O)C1=CC=CC(=S(=O)=O)C1OC. The first-order valence-corrected chi connectivity index (χ1v) is 8.55. The number of rotatable bonds is 5. The Morgan fingerprint density at radius 1 is 1.50 bits per heavy atom. The number of hydrogen-bond donors (Lipinski definition) is 1. The van der Waals surface area contributed by atoms with E-state index in [0.717, 1.165) is 25.9 Å². The minimum atomic E-state index is -2.41. The predicted molar refractivity (Wildman–Crippen MR) is 85.2 cm³/mol. The van der Waals surface area contributed by atoms with Crippen LogP contribution < -0.4 is 5.32 Å². The Balaban J connectivity index is 2.04. The standard InChI is InChI=1S/C15H22N2O4S/c1-3-17-9-5-6-11(17)10-16-15(18)12-7-4-8-13(22(19)20)14(12)21-2/h4,7-8,11,14H,3,5-6,9-10H2,1-2H3,(H,16,18). The van der Waals surface area contributed by atoms with E-state index >= 15 is 0 Å². The second-order valence-corrected chi connectivity index (χ2v) is 6.31. The number of methoxy groups -OCH3 is 1. The summed E-state index contributed by atoms with van der Waals surface area (Å²) in [5, 5.41) is 2.91. The zero-order valence-electron chi connectivity index (χ0n) is 12.9. The lowest BCUT2D eigenvalue weighted by atomic mass is 10.0. The fourth-order valence-electron chi connectivity index (χ4n) is 3.01. The van der Waals surface area contributed by atoms with Crippen molar-refractivity contribution in [1.29, 1.82) is 0 Å². The van der Waals surface area contributed by atoms with Crippen molar-refractivity contribution < 1.29 is 17.9 Å². The molecule has 1 saturated heterocycles. The maximum Gasteiger partial charge on any atom is 0.250 e. The molecule has 2 atom stereocenters. The second kappa shape index (κ2) is 7.71. The minimum absolute atomic E-state index is 0.0752. The number of nitrogens with one attached hydrogen (secondary N) is 1. The van der Waals surface area contributed by atoms with E-state index in [1.165, 1.54) is 13.2 Å². The van der Waals surface area contributed by atoms with Crippen LogP contribution in [0, 0.1) is 0 Å². The Kier molecular flexibility index (Phi) is 5.93. The summed E-state index contributed by atoms with van der Waals surface area (Å²) in [7, 11) is -1.01. The first-order chi connectivity index (χ1) is 10.6. The molecule has 22 heavy (non-hydrogen) atoms. The van der Waals surface area contributed by atoms with Crippen LogP contribution in [0.2, 0.25) is 0 Å². The van der Waals surface area contributed by atoms with Gasteiger partial charge in [0.2, 0.25) is 16.2 Å². The fourth-order valence-corrected chi connectivity index (χ4v) is 3.60. The Labute approximate surface area is 132 Å². The molecule has 0 radical (unpaired) electrons. The third kappa shape index (κ3) is 3.66. The molecule has 0 aromatic rings. The number of carbonyl (C=O) groups is 1. The van der Waals surface area contributed by atoms with Crippen molar-refractivity contribution in [3.8, 4) is 0 Å². The molecule has 122 valence electrons. The van der Waals surface area contributed by atoms with Gasteiger partial charge in [-0.2, -0.15) is 8.42 Å². The molecule has 2 unspecified atom stereocenters. The number of amides is 1. The van der Waals surface area contributed by atoms with E-state index in [9.17, 15) is 13.2 Å². The predicted octanol–water partition coefficient (Wildman–Crippen LogP) is 0.150. The van der Waals surface area contributed by atoms with Gasteiger partial charge in [0.25, 0.3) is 0 Å². The van der Waals surface area contributed by atoms with Crippen molar-refractivity contribution in [2.75, 3.05) is 26.7 Å². The van der Waals surface area contributed by atoms with Gasteiger partial charge in [-0.15, -0.1) is 0 Å². The lowest BCUT2D eigenvalue weighted by Crippen LogP contribution is -2.43. The highest BCUT2D eigenvalue weighted by molar-refractivity contribution is 7.73. The molecule has 0 saturated carbocycles. The number of carbonyl (C=O) groups excluding carboxylic acids is 1. The first-order valence-electron chi connectivity index (χ1n) is 7.47. The Morgan fingerprint density at radius 2 is 2.27 bits per heavy atom. The minimum Gasteiger partial charge on any atom is -0.371 e. The Hall–Kier alpha value is -1.44. The third-order valence-electron chi connectivity index (χ3n) is 4.17. The average Bonchev–Trinajstić information content (AvgIpc) is 2.99. The number of ether oxygens (including phenoxy) is 1. The molecule has 2 aliphatic rings. The zero-order chi connectivity index (χ0) is 16.1. The van der Waals surface area contributed by atoms with Gasteiger partial charge in [0, 0.05) is 19.7 Å². The molecule has 6 nitrogen and oxygen atoms in total. The molecule has 1 amide bonds. The van der Waals surface area contributed by atoms with Crippen molar-refractivity contribution >= 4 is 21.1 Å². The molecular weight excluding hydrogens is 304 g/mol. The zero-order valence-corrected chi connectivity index (χ0v) is 13.7. The summed E-state index contributed by atoms with van der Waals surface area (Å²) in [4.78, 5) is 14.8. The van der Waals surface area contributed by atoms with Crippen molar-refractivity contribution in [1.82, 2.24) is 10.2 Å². The molecule has 1 N–H and O–H groups in total. The average molecular weight is 326 g/mol. The van der Waals surface area contributed by atoms with Crippen molar-refractivity contribution in [2.24, 2.45) is 0 Å². The number of hydrogen-bond acceptors (Lipinski definition) is 5. The highest BCUT2D eigenvalue weighted by Crippen LogP contribution is 2.17. The molecule has 0 aromatic heterocycles. The van der Waals surface area contributed by atoms with Gasteiger partial charge < -0.3 is 10.1 Å². The molecule has 2 rings (SSSR count). The highest BCUT2D eigenvalue weighted by Gasteiger charge is 2.29. The van der Waals surface area contributed by atoms with E-state index < -0.39 is 16.4 Å². The van der Waals surface area contributed by atoms with Crippen molar-refractivity contribution in [3.63, 3.8) is 0 Å². The summed E-state index contributed by atoms with van der Waals surface area (Å²) < 4.78 is 27.6. The van der Waals surface area contributed by atoms with E-state index in [1.54, 1.807) is 12.2 Å². The number of allylic oxidation sites excluding steroid dienone is 2. The van der Waals surface area contributed by atoms with Crippen molar-refractivity contribution in [2.45, 2.75) is 31.9 Å². The number of likely N-dealkylation sites (tertiary alicyclic amines) is 1. The molecular formula is C15H22N2O4S. The topological polar surface area (TPSA) is 75.7 Å². The van der Waals surface area contributed by atoms with Crippen LogP contribution >= 0.6 is 0 Å². The summed E-state index contributed by atoms with van der Waals surface area (Å²) in [6.07, 6.45) is 5.99. The number of likely N-dealkylation sites (N-methyl/N-ethyl adjacent to an activating group) is 1. The summed E-state index contributed by atoms with van der Waals surface area (Å²) in [5.74, 6) is -0.276. The van der Waals surface area contributed by atoms with E-state index in [4.69, 9.17) is 4.74 Å². The van der Waals surface area contributed by atoms with Gasteiger partial charge in [0.1, 0.15) is 11.0 Å². The lowest BCUT2D eigenvalue weighted by Gasteiger charge is -2.24. The van der Waals surface area contributed by atoms with Gasteiger partial charge in [-0.05, 0) is 32.0 Å².